The minimum absolute atomic E-state index is 0.233. The van der Waals surface area contributed by atoms with E-state index in [1.54, 1.807) is 0 Å². The van der Waals surface area contributed by atoms with Crippen molar-refractivity contribution < 1.29 is 14.4 Å². The van der Waals surface area contributed by atoms with Gasteiger partial charge in [0.05, 0.1) is 12.3 Å². The number of pyridine rings is 1. The molecule has 156 valence electrons. The number of carboxylic acid groups (broad SMARTS) is 1. The molecule has 7 nitrogen and oxygen atoms in total. The average Bonchev–Trinajstić information content (AvgIpc) is 3.14. The molecule has 0 radical (unpaired) electrons. The van der Waals surface area contributed by atoms with E-state index in [0.29, 0.717) is 37.1 Å². The number of aromatic nitrogens is 3. The summed E-state index contributed by atoms with van der Waals surface area (Å²) in [5.41, 5.74) is 4.16. The van der Waals surface area contributed by atoms with Gasteiger partial charge >= 0.3 is 5.97 Å². The summed E-state index contributed by atoms with van der Waals surface area (Å²) in [6.45, 7) is 6.36. The molecule has 1 fully saturated rings. The van der Waals surface area contributed by atoms with Crippen LogP contribution in [0.3, 0.4) is 0 Å². The molecule has 0 aliphatic carbocycles. The maximum Gasteiger partial charge on any atom is 0.309 e. The second-order valence-electron chi connectivity index (χ2n) is 8.37. The molecule has 0 bridgehead atoms. The molecule has 1 N–H and O–H groups in total. The number of likely N-dealkylation sites (tertiary alicyclic amines) is 1. The van der Waals surface area contributed by atoms with Crippen LogP contribution in [0.15, 0.2) is 47.1 Å². The first-order valence-electron chi connectivity index (χ1n) is 10.3. The molecule has 3 aromatic rings. The highest BCUT2D eigenvalue weighted by atomic mass is 16.5. The van der Waals surface area contributed by atoms with Crippen molar-refractivity contribution >= 4 is 5.97 Å². The van der Waals surface area contributed by atoms with Crippen molar-refractivity contribution in [1.29, 1.82) is 0 Å². The van der Waals surface area contributed by atoms with Crippen molar-refractivity contribution in [1.82, 2.24) is 20.0 Å². The molecule has 1 aliphatic rings. The predicted molar refractivity (Wildman–Crippen MR) is 112 cm³/mol. The Morgan fingerprint density at radius 3 is 2.53 bits per heavy atom. The third-order valence-electron chi connectivity index (χ3n) is 5.26. The quantitative estimate of drug-likeness (QED) is 0.612. The van der Waals surface area contributed by atoms with Gasteiger partial charge in [-0.2, -0.15) is 4.98 Å². The number of benzene rings is 1. The summed E-state index contributed by atoms with van der Waals surface area (Å²) in [4.78, 5) is 22.0. The van der Waals surface area contributed by atoms with Gasteiger partial charge in [-0.3, -0.25) is 14.7 Å². The van der Waals surface area contributed by atoms with E-state index in [-0.39, 0.29) is 5.92 Å². The Morgan fingerprint density at radius 1 is 1.17 bits per heavy atom. The normalized spacial score (nSPS) is 14.8. The maximum atomic E-state index is 10.9. The van der Waals surface area contributed by atoms with E-state index in [0.717, 1.165) is 29.8 Å². The minimum atomic E-state index is -0.712. The molecule has 0 unspecified atom stereocenters. The lowest BCUT2D eigenvalue weighted by Crippen LogP contribution is -2.49. The highest BCUT2D eigenvalue weighted by molar-refractivity contribution is 5.71. The zero-order valence-electron chi connectivity index (χ0n) is 17.3. The van der Waals surface area contributed by atoms with E-state index < -0.39 is 5.97 Å². The Balaban J connectivity index is 1.34. The lowest BCUT2D eigenvalue weighted by Gasteiger charge is -2.36. The van der Waals surface area contributed by atoms with Gasteiger partial charge < -0.3 is 9.63 Å². The number of hydrogen-bond donors (Lipinski definition) is 1. The van der Waals surface area contributed by atoms with Gasteiger partial charge in [0.15, 0.2) is 0 Å². The zero-order valence-corrected chi connectivity index (χ0v) is 17.3. The van der Waals surface area contributed by atoms with E-state index in [1.807, 2.05) is 36.5 Å². The zero-order chi connectivity index (χ0) is 21.1. The summed E-state index contributed by atoms with van der Waals surface area (Å²) in [7, 11) is 0. The van der Waals surface area contributed by atoms with Gasteiger partial charge in [-0.15, -0.1) is 0 Å². The van der Waals surface area contributed by atoms with Crippen LogP contribution in [0, 0.1) is 11.8 Å². The Labute approximate surface area is 175 Å². The van der Waals surface area contributed by atoms with Crippen LogP contribution in [0.5, 0.6) is 0 Å². The molecule has 1 aliphatic heterocycles. The second-order valence-corrected chi connectivity index (χ2v) is 8.37. The average molecular weight is 406 g/mol. The molecular formula is C23H26N4O3. The fourth-order valence-electron chi connectivity index (χ4n) is 3.62. The van der Waals surface area contributed by atoms with Gasteiger partial charge in [-0.05, 0) is 29.5 Å². The van der Waals surface area contributed by atoms with Crippen LogP contribution in [-0.2, 0) is 24.2 Å². The van der Waals surface area contributed by atoms with Gasteiger partial charge in [-0.1, -0.05) is 49.3 Å². The Hall–Kier alpha value is -3.06. The van der Waals surface area contributed by atoms with Gasteiger partial charge in [0, 0.05) is 37.1 Å². The van der Waals surface area contributed by atoms with E-state index >= 15 is 0 Å². The minimum Gasteiger partial charge on any atom is -0.481 e. The third-order valence-corrected chi connectivity index (χ3v) is 5.26. The summed E-state index contributed by atoms with van der Waals surface area (Å²) in [6.07, 6.45) is 3.45. The Bertz CT molecular complexity index is 990. The lowest BCUT2D eigenvalue weighted by atomic mass is 9.99. The molecule has 7 heteroatoms. The maximum absolute atomic E-state index is 10.9. The second kappa shape index (κ2) is 8.75. The summed E-state index contributed by atoms with van der Waals surface area (Å²) in [5.74, 6) is 0.760. The van der Waals surface area contributed by atoms with E-state index in [9.17, 15) is 4.79 Å². The molecule has 1 saturated heterocycles. The Kier molecular flexibility index (Phi) is 5.90. The Morgan fingerprint density at radius 2 is 1.90 bits per heavy atom. The topological polar surface area (TPSA) is 92.4 Å². The van der Waals surface area contributed by atoms with E-state index in [2.05, 4.69) is 39.9 Å². The fourth-order valence-corrected chi connectivity index (χ4v) is 3.62. The highest BCUT2D eigenvalue weighted by Gasteiger charge is 2.32. The summed E-state index contributed by atoms with van der Waals surface area (Å²) >= 11 is 0. The number of carboxylic acids is 1. The number of nitrogens with zero attached hydrogens (tertiary/aromatic N) is 4. The van der Waals surface area contributed by atoms with Gasteiger partial charge in [-0.25, -0.2) is 0 Å². The molecule has 0 spiro atoms. The molecule has 0 atom stereocenters. The van der Waals surface area contributed by atoms with Gasteiger partial charge in [0.25, 0.3) is 0 Å². The number of hydrogen-bond acceptors (Lipinski definition) is 6. The summed E-state index contributed by atoms with van der Waals surface area (Å²) in [5, 5.41) is 13.1. The first-order chi connectivity index (χ1) is 14.5. The highest BCUT2D eigenvalue weighted by Crippen LogP contribution is 2.22. The third kappa shape index (κ3) is 4.91. The summed E-state index contributed by atoms with van der Waals surface area (Å²) in [6, 6.07) is 12.1. The molecule has 30 heavy (non-hydrogen) atoms. The molecule has 0 amide bonds. The number of carbonyl (C=O) groups is 1. The van der Waals surface area contributed by atoms with Crippen molar-refractivity contribution in [3.05, 3.63) is 65.3 Å². The van der Waals surface area contributed by atoms with Crippen molar-refractivity contribution in [2.75, 3.05) is 13.1 Å². The van der Waals surface area contributed by atoms with Crippen LogP contribution in [0.2, 0.25) is 0 Å². The predicted octanol–water partition coefficient (Wildman–Crippen LogP) is 3.44. The molecule has 3 heterocycles. The van der Waals surface area contributed by atoms with Crippen LogP contribution < -0.4 is 0 Å². The van der Waals surface area contributed by atoms with Crippen molar-refractivity contribution in [3.63, 3.8) is 0 Å². The van der Waals surface area contributed by atoms with Crippen LogP contribution in [0.25, 0.3) is 11.4 Å². The lowest BCUT2D eigenvalue weighted by molar-refractivity contribution is -0.147. The van der Waals surface area contributed by atoms with Crippen molar-refractivity contribution in [2.24, 2.45) is 11.8 Å². The molecular weight excluding hydrogens is 380 g/mol. The number of aliphatic carboxylic acids is 1. The van der Waals surface area contributed by atoms with Crippen molar-refractivity contribution in [3.8, 4) is 11.4 Å². The van der Waals surface area contributed by atoms with Crippen molar-refractivity contribution in [2.45, 2.75) is 33.2 Å². The van der Waals surface area contributed by atoms with Crippen LogP contribution in [0.4, 0.5) is 0 Å². The van der Waals surface area contributed by atoms with Gasteiger partial charge in [0.2, 0.25) is 11.7 Å². The summed E-state index contributed by atoms with van der Waals surface area (Å²) < 4.78 is 5.41. The standard InChI is InChI=1S/C23H26N4O3/c1-15(2)9-17-5-8-20(24-11-17)10-21-25-22(26-30-21)18-6-3-16(4-7-18)12-27-13-19(14-27)23(28)29/h3-8,11,15,19H,9-10,12-14H2,1-2H3,(H,28,29). The molecule has 0 saturated carbocycles. The molecule has 1 aromatic carbocycles. The molecule has 2 aromatic heterocycles. The van der Waals surface area contributed by atoms with E-state index in [1.165, 1.54) is 5.56 Å². The monoisotopic (exact) mass is 406 g/mol. The largest absolute Gasteiger partial charge is 0.481 e. The molecule has 4 rings (SSSR count). The fraction of sp³-hybridized carbons (Fsp3) is 0.391. The number of rotatable bonds is 8. The SMILES string of the molecule is CC(C)Cc1ccc(Cc2nc(-c3ccc(CN4CC(C(=O)O)C4)cc3)no2)nc1. The van der Waals surface area contributed by atoms with Crippen LogP contribution in [-0.4, -0.2) is 44.2 Å². The first-order valence-corrected chi connectivity index (χ1v) is 10.3. The van der Waals surface area contributed by atoms with Crippen LogP contribution in [0.1, 0.15) is 36.6 Å². The van der Waals surface area contributed by atoms with E-state index in [4.69, 9.17) is 9.63 Å². The first kappa shape index (κ1) is 20.2. The van der Waals surface area contributed by atoms with Gasteiger partial charge in [0.1, 0.15) is 0 Å². The smallest absolute Gasteiger partial charge is 0.309 e. The van der Waals surface area contributed by atoms with Crippen LogP contribution >= 0.6 is 0 Å².